The lowest BCUT2D eigenvalue weighted by molar-refractivity contribution is -0.137. The molecule has 31 heavy (non-hydrogen) atoms. The Hall–Kier alpha value is -3.33. The number of alkyl halides is 3. The molecule has 0 aliphatic heterocycles. The zero-order valence-electron chi connectivity index (χ0n) is 16.7. The van der Waals surface area contributed by atoms with Gasteiger partial charge in [0.05, 0.1) is 30.6 Å². The minimum Gasteiger partial charge on any atom is -0.493 e. The van der Waals surface area contributed by atoms with Crippen molar-refractivity contribution >= 4 is 5.91 Å². The van der Waals surface area contributed by atoms with Crippen LogP contribution in [0.1, 0.15) is 35.4 Å². The molecule has 2 atom stereocenters. The number of nitrogens with zero attached hydrogens (tertiary/aromatic N) is 2. The standard InChI is InChI=1S/C22H22F3N3O3/c1-14(29)20(28-12-19(21(26)30)27-13-28)9-10-31-18-4-2-3-16(11-18)15-5-7-17(8-6-15)22(23,24)25/h2-8,11-14,20,29H,9-10H2,1H3,(H2,26,30)/t14-,20+/m0/s1. The van der Waals surface area contributed by atoms with Crippen molar-refractivity contribution in [3.8, 4) is 16.9 Å². The summed E-state index contributed by atoms with van der Waals surface area (Å²) in [7, 11) is 0. The molecule has 0 saturated carbocycles. The number of aromatic nitrogens is 2. The van der Waals surface area contributed by atoms with Gasteiger partial charge in [-0.3, -0.25) is 4.79 Å². The highest BCUT2D eigenvalue weighted by atomic mass is 19.4. The first kappa shape index (κ1) is 22.4. The molecule has 1 aromatic heterocycles. The van der Waals surface area contributed by atoms with Crippen LogP contribution in [0.25, 0.3) is 11.1 Å². The van der Waals surface area contributed by atoms with Crippen LogP contribution in [0.2, 0.25) is 0 Å². The number of rotatable bonds is 8. The molecule has 3 aromatic rings. The first-order chi connectivity index (χ1) is 14.6. The van der Waals surface area contributed by atoms with E-state index >= 15 is 0 Å². The number of halogens is 3. The van der Waals surface area contributed by atoms with Gasteiger partial charge in [-0.2, -0.15) is 13.2 Å². The van der Waals surface area contributed by atoms with Gasteiger partial charge in [-0.1, -0.05) is 24.3 Å². The van der Waals surface area contributed by atoms with Crippen molar-refractivity contribution in [2.45, 2.75) is 31.7 Å². The fourth-order valence-electron chi connectivity index (χ4n) is 3.20. The molecule has 0 saturated heterocycles. The van der Waals surface area contributed by atoms with Gasteiger partial charge in [0, 0.05) is 12.6 Å². The minimum absolute atomic E-state index is 0.107. The van der Waals surface area contributed by atoms with Crippen LogP contribution in [0, 0.1) is 0 Å². The average Bonchev–Trinajstić information content (AvgIpc) is 3.21. The van der Waals surface area contributed by atoms with Crippen LogP contribution in [-0.2, 0) is 6.18 Å². The Labute approximate surface area is 177 Å². The number of nitrogens with two attached hydrogens (primary N) is 1. The van der Waals surface area contributed by atoms with E-state index < -0.39 is 23.8 Å². The second-order valence-corrected chi connectivity index (χ2v) is 7.12. The molecule has 9 heteroatoms. The smallest absolute Gasteiger partial charge is 0.416 e. The van der Waals surface area contributed by atoms with Crippen LogP contribution < -0.4 is 10.5 Å². The molecular weight excluding hydrogens is 411 g/mol. The summed E-state index contributed by atoms with van der Waals surface area (Å²) in [6, 6.07) is 11.6. The number of benzene rings is 2. The summed E-state index contributed by atoms with van der Waals surface area (Å²) >= 11 is 0. The number of hydrogen-bond donors (Lipinski definition) is 2. The van der Waals surface area contributed by atoms with Gasteiger partial charge in [0.25, 0.3) is 5.91 Å². The number of aliphatic hydroxyl groups excluding tert-OH is 1. The molecule has 1 amide bonds. The second kappa shape index (κ2) is 9.22. The number of hydrogen-bond acceptors (Lipinski definition) is 4. The van der Waals surface area contributed by atoms with Crippen molar-refractivity contribution in [3.63, 3.8) is 0 Å². The first-order valence-electron chi connectivity index (χ1n) is 9.57. The number of carbonyl (C=O) groups is 1. The zero-order chi connectivity index (χ0) is 22.6. The summed E-state index contributed by atoms with van der Waals surface area (Å²) in [6.07, 6.45) is -1.76. The minimum atomic E-state index is -4.38. The summed E-state index contributed by atoms with van der Waals surface area (Å²) < 4.78 is 45.6. The number of amides is 1. The van der Waals surface area contributed by atoms with Crippen molar-refractivity contribution < 1.29 is 27.8 Å². The molecule has 0 radical (unpaired) electrons. The number of imidazole rings is 1. The van der Waals surface area contributed by atoms with Crippen molar-refractivity contribution in [1.29, 1.82) is 0 Å². The largest absolute Gasteiger partial charge is 0.493 e. The van der Waals surface area contributed by atoms with Crippen LogP contribution >= 0.6 is 0 Å². The third-order valence-corrected chi connectivity index (χ3v) is 4.86. The van der Waals surface area contributed by atoms with Crippen LogP contribution in [0.15, 0.2) is 61.1 Å². The maximum atomic E-state index is 12.7. The van der Waals surface area contributed by atoms with Gasteiger partial charge in [-0.15, -0.1) is 0 Å². The first-order valence-corrected chi connectivity index (χ1v) is 9.57. The Morgan fingerprint density at radius 1 is 1.19 bits per heavy atom. The number of ether oxygens (including phenoxy) is 1. The molecule has 0 unspecified atom stereocenters. The van der Waals surface area contributed by atoms with Gasteiger partial charge in [-0.05, 0) is 42.3 Å². The van der Waals surface area contributed by atoms with E-state index in [1.54, 1.807) is 35.8 Å². The van der Waals surface area contributed by atoms with E-state index in [1.165, 1.54) is 24.7 Å². The fraction of sp³-hybridized carbons (Fsp3) is 0.273. The van der Waals surface area contributed by atoms with Crippen molar-refractivity contribution in [1.82, 2.24) is 9.55 Å². The lowest BCUT2D eigenvalue weighted by atomic mass is 10.0. The predicted molar refractivity (Wildman–Crippen MR) is 108 cm³/mol. The molecule has 3 N–H and O–H groups in total. The highest BCUT2D eigenvalue weighted by molar-refractivity contribution is 5.90. The Bertz CT molecular complexity index is 1030. The molecule has 0 aliphatic rings. The monoisotopic (exact) mass is 433 g/mol. The number of primary amides is 1. The lowest BCUT2D eigenvalue weighted by Crippen LogP contribution is -2.23. The maximum absolute atomic E-state index is 12.7. The highest BCUT2D eigenvalue weighted by Gasteiger charge is 2.30. The number of carbonyl (C=O) groups excluding carboxylic acids is 1. The average molecular weight is 433 g/mol. The third kappa shape index (κ3) is 5.64. The van der Waals surface area contributed by atoms with Crippen molar-refractivity contribution in [3.05, 3.63) is 72.3 Å². The summed E-state index contributed by atoms with van der Waals surface area (Å²) in [5.41, 5.74) is 5.98. The lowest BCUT2D eigenvalue weighted by Gasteiger charge is -2.21. The second-order valence-electron chi connectivity index (χ2n) is 7.12. The van der Waals surface area contributed by atoms with E-state index in [9.17, 15) is 23.1 Å². The van der Waals surface area contributed by atoms with Crippen LogP contribution in [0.5, 0.6) is 5.75 Å². The molecule has 6 nitrogen and oxygen atoms in total. The van der Waals surface area contributed by atoms with E-state index in [0.717, 1.165) is 17.7 Å². The Kier molecular flexibility index (Phi) is 6.65. The molecule has 0 spiro atoms. The fourth-order valence-corrected chi connectivity index (χ4v) is 3.20. The zero-order valence-corrected chi connectivity index (χ0v) is 16.7. The summed E-state index contributed by atoms with van der Waals surface area (Å²) in [6.45, 7) is 1.88. The summed E-state index contributed by atoms with van der Waals surface area (Å²) in [5, 5.41) is 10.1. The molecule has 1 heterocycles. The number of aliphatic hydroxyl groups is 1. The predicted octanol–water partition coefficient (Wildman–Crippen LogP) is 4.06. The van der Waals surface area contributed by atoms with Gasteiger partial charge >= 0.3 is 6.18 Å². The molecule has 0 fully saturated rings. The molecular formula is C22H22F3N3O3. The van der Waals surface area contributed by atoms with Crippen LogP contribution in [0.3, 0.4) is 0 Å². The van der Waals surface area contributed by atoms with Gasteiger partial charge in [0.15, 0.2) is 0 Å². The topological polar surface area (TPSA) is 90.4 Å². The van der Waals surface area contributed by atoms with Crippen LogP contribution in [0.4, 0.5) is 13.2 Å². The van der Waals surface area contributed by atoms with Crippen molar-refractivity contribution in [2.75, 3.05) is 6.61 Å². The van der Waals surface area contributed by atoms with E-state index in [0.29, 0.717) is 17.7 Å². The maximum Gasteiger partial charge on any atom is 0.416 e. The SMILES string of the molecule is C[C@H](O)[C@@H](CCOc1cccc(-c2ccc(C(F)(F)F)cc2)c1)n1cnc(C(N)=O)c1. The Morgan fingerprint density at radius 2 is 1.90 bits per heavy atom. The van der Waals surface area contributed by atoms with Gasteiger partial charge in [0.2, 0.25) is 0 Å². The molecule has 0 aliphatic carbocycles. The third-order valence-electron chi connectivity index (χ3n) is 4.86. The van der Waals surface area contributed by atoms with E-state index in [-0.39, 0.29) is 18.3 Å². The van der Waals surface area contributed by atoms with E-state index in [4.69, 9.17) is 10.5 Å². The van der Waals surface area contributed by atoms with Gasteiger partial charge in [0.1, 0.15) is 11.4 Å². The van der Waals surface area contributed by atoms with Crippen LogP contribution in [-0.4, -0.2) is 33.3 Å². The molecule has 164 valence electrons. The summed E-state index contributed by atoms with van der Waals surface area (Å²) in [4.78, 5) is 15.1. The quantitative estimate of drug-likeness (QED) is 0.561. The Balaban J connectivity index is 1.66. The van der Waals surface area contributed by atoms with Crippen molar-refractivity contribution in [2.24, 2.45) is 5.73 Å². The molecule has 0 bridgehead atoms. The van der Waals surface area contributed by atoms with Gasteiger partial charge < -0.3 is 20.1 Å². The molecule has 2 aromatic carbocycles. The summed E-state index contributed by atoms with van der Waals surface area (Å²) in [5.74, 6) is -0.107. The highest BCUT2D eigenvalue weighted by Crippen LogP contribution is 2.31. The van der Waals surface area contributed by atoms with E-state index in [1.807, 2.05) is 0 Å². The molecule has 3 rings (SSSR count). The Morgan fingerprint density at radius 3 is 2.48 bits per heavy atom. The normalized spacial score (nSPS) is 13.6. The van der Waals surface area contributed by atoms with Gasteiger partial charge in [-0.25, -0.2) is 4.98 Å². The van der Waals surface area contributed by atoms with E-state index in [2.05, 4.69) is 4.98 Å².